The molecule has 2 aliphatic heterocycles. The number of amides is 2. The van der Waals surface area contributed by atoms with Gasteiger partial charge in [-0.1, -0.05) is 95.1 Å². The van der Waals surface area contributed by atoms with Crippen molar-refractivity contribution in [3.8, 4) is 0 Å². The van der Waals surface area contributed by atoms with E-state index in [0.29, 0.717) is 17.8 Å². The van der Waals surface area contributed by atoms with Crippen molar-refractivity contribution in [2.75, 3.05) is 10.3 Å². The standard InChI is InChI=1S/C31H40N4O5/c1-2-3-4-5-6-7-8-9-13-16-28(36)27-22-21-26-29(31(38)33(30(26)37)24-14-11-10-12-15-24)34(27)32-23-17-19-25(20-18-23)35(39)40/h10-12,14-15,17-22,26-29,32,36H,2-9,13,16H2,1H3/t26?,27?,28-,29-/m0/s1. The number of fused-ring (bicyclic) bond motifs is 1. The molecule has 1 saturated heterocycles. The Hall–Kier alpha value is -3.56. The second-order valence-electron chi connectivity index (χ2n) is 10.7. The minimum absolute atomic E-state index is 0.0497. The van der Waals surface area contributed by atoms with Gasteiger partial charge in [-0.2, -0.15) is 0 Å². The number of aliphatic hydroxyl groups is 1. The average Bonchev–Trinajstić information content (AvgIpc) is 3.22. The average molecular weight is 549 g/mol. The zero-order valence-corrected chi connectivity index (χ0v) is 23.2. The van der Waals surface area contributed by atoms with Crippen LogP contribution < -0.4 is 10.3 Å². The molecular formula is C31H40N4O5. The van der Waals surface area contributed by atoms with Gasteiger partial charge in [-0.15, -0.1) is 0 Å². The Kier molecular flexibility index (Phi) is 10.4. The maximum atomic E-state index is 13.7. The number of anilines is 2. The van der Waals surface area contributed by atoms with E-state index in [9.17, 15) is 24.8 Å². The van der Waals surface area contributed by atoms with Crippen molar-refractivity contribution in [1.82, 2.24) is 5.01 Å². The number of hydrazine groups is 1. The van der Waals surface area contributed by atoms with E-state index in [1.165, 1.54) is 55.6 Å². The Morgan fingerprint density at radius 3 is 2.12 bits per heavy atom. The number of hydrogen-bond acceptors (Lipinski definition) is 7. The summed E-state index contributed by atoms with van der Waals surface area (Å²) in [5, 5.41) is 24.0. The van der Waals surface area contributed by atoms with Crippen molar-refractivity contribution in [3.05, 3.63) is 76.9 Å². The number of nitrogens with one attached hydrogen (secondary N) is 1. The van der Waals surface area contributed by atoms with E-state index in [-0.39, 0.29) is 17.5 Å². The highest BCUT2D eigenvalue weighted by Crippen LogP contribution is 2.36. The largest absolute Gasteiger partial charge is 0.391 e. The number of unbranched alkanes of at least 4 members (excludes halogenated alkanes) is 8. The van der Waals surface area contributed by atoms with Gasteiger partial charge in [0.25, 0.3) is 11.6 Å². The van der Waals surface area contributed by atoms with Crippen LogP contribution in [-0.2, 0) is 9.59 Å². The molecule has 2 aliphatic rings. The quantitative estimate of drug-likeness (QED) is 0.0921. The molecule has 40 heavy (non-hydrogen) atoms. The number of carbonyl (C=O) groups excluding carboxylic acids is 2. The molecule has 214 valence electrons. The molecule has 1 fully saturated rings. The number of rotatable bonds is 15. The number of benzene rings is 2. The molecule has 0 spiro atoms. The van der Waals surface area contributed by atoms with Crippen molar-refractivity contribution >= 4 is 28.9 Å². The van der Waals surface area contributed by atoms with Gasteiger partial charge in [0.1, 0.15) is 6.04 Å². The highest BCUT2D eigenvalue weighted by molar-refractivity contribution is 6.24. The number of non-ortho nitro benzene ring substituents is 1. The molecule has 2 aromatic rings. The molecule has 0 aromatic heterocycles. The van der Waals surface area contributed by atoms with Crippen molar-refractivity contribution in [1.29, 1.82) is 0 Å². The molecule has 2 N–H and O–H groups in total. The van der Waals surface area contributed by atoms with E-state index in [2.05, 4.69) is 12.3 Å². The monoisotopic (exact) mass is 548 g/mol. The lowest BCUT2D eigenvalue weighted by Gasteiger charge is -2.40. The van der Waals surface area contributed by atoms with E-state index >= 15 is 0 Å². The Morgan fingerprint density at radius 1 is 0.875 bits per heavy atom. The van der Waals surface area contributed by atoms with Crippen LogP contribution >= 0.6 is 0 Å². The first-order valence-corrected chi connectivity index (χ1v) is 14.5. The van der Waals surface area contributed by atoms with E-state index < -0.39 is 29.0 Å². The first kappa shape index (κ1) is 29.4. The SMILES string of the molecule is CCCCCCCCCCC[C@H](O)C1C=CC2C(=O)N(c3ccccc3)C(=O)[C@H]2N1Nc1ccc([N+](=O)[O-])cc1. The molecular weight excluding hydrogens is 508 g/mol. The topological polar surface area (TPSA) is 116 Å². The number of aliphatic hydroxyl groups excluding tert-OH is 1. The third-order valence-electron chi connectivity index (χ3n) is 7.80. The summed E-state index contributed by atoms with van der Waals surface area (Å²) in [6.07, 6.45) is 13.9. The van der Waals surface area contributed by atoms with E-state index in [0.717, 1.165) is 19.3 Å². The maximum absolute atomic E-state index is 13.7. The Morgan fingerprint density at radius 2 is 1.50 bits per heavy atom. The fourth-order valence-electron chi connectivity index (χ4n) is 5.60. The van der Waals surface area contributed by atoms with Crippen LogP contribution in [0.1, 0.15) is 71.1 Å². The van der Waals surface area contributed by atoms with Crippen molar-refractivity contribution < 1.29 is 19.6 Å². The van der Waals surface area contributed by atoms with Gasteiger partial charge >= 0.3 is 0 Å². The molecule has 0 bridgehead atoms. The predicted molar refractivity (Wildman–Crippen MR) is 156 cm³/mol. The van der Waals surface area contributed by atoms with Crippen molar-refractivity contribution in [2.45, 2.75) is 89.3 Å². The van der Waals surface area contributed by atoms with Gasteiger partial charge in [-0.05, 0) is 30.7 Å². The lowest BCUT2D eigenvalue weighted by atomic mass is 9.91. The summed E-state index contributed by atoms with van der Waals surface area (Å²) in [6.45, 7) is 2.22. The normalized spacial score (nSPS) is 21.4. The third-order valence-corrected chi connectivity index (χ3v) is 7.80. The number of para-hydroxylation sites is 1. The van der Waals surface area contributed by atoms with E-state index in [1.54, 1.807) is 53.6 Å². The lowest BCUT2D eigenvalue weighted by Crippen LogP contribution is -2.57. The number of nitro benzene ring substituents is 1. The molecule has 4 atom stereocenters. The zero-order valence-electron chi connectivity index (χ0n) is 23.2. The summed E-state index contributed by atoms with van der Waals surface area (Å²) < 4.78 is 0. The summed E-state index contributed by atoms with van der Waals surface area (Å²) in [4.78, 5) is 38.9. The molecule has 0 radical (unpaired) electrons. The smallest absolute Gasteiger partial charge is 0.269 e. The van der Waals surface area contributed by atoms with Crippen LogP contribution in [0.15, 0.2) is 66.7 Å². The molecule has 2 unspecified atom stereocenters. The van der Waals surface area contributed by atoms with Crippen LogP contribution in [0.2, 0.25) is 0 Å². The first-order chi connectivity index (χ1) is 19.4. The molecule has 9 heteroatoms. The second-order valence-corrected chi connectivity index (χ2v) is 10.7. The summed E-state index contributed by atoms with van der Waals surface area (Å²) in [5.41, 5.74) is 4.19. The summed E-state index contributed by atoms with van der Waals surface area (Å²) in [5.74, 6) is -1.41. The molecule has 0 aliphatic carbocycles. The molecule has 2 heterocycles. The number of carbonyl (C=O) groups is 2. The molecule has 9 nitrogen and oxygen atoms in total. The minimum Gasteiger partial charge on any atom is -0.391 e. The lowest BCUT2D eigenvalue weighted by molar-refractivity contribution is -0.384. The molecule has 4 rings (SSSR count). The fourth-order valence-corrected chi connectivity index (χ4v) is 5.60. The second kappa shape index (κ2) is 14.2. The van der Waals surface area contributed by atoms with E-state index in [4.69, 9.17) is 0 Å². The Bertz CT molecular complexity index is 1170. The van der Waals surface area contributed by atoms with Gasteiger partial charge < -0.3 is 10.5 Å². The van der Waals surface area contributed by atoms with Crippen LogP contribution in [0, 0.1) is 16.0 Å². The van der Waals surface area contributed by atoms with Crippen LogP contribution in [0.3, 0.4) is 0 Å². The summed E-state index contributed by atoms with van der Waals surface area (Å²) in [7, 11) is 0. The number of imide groups is 1. The summed E-state index contributed by atoms with van der Waals surface area (Å²) >= 11 is 0. The molecule has 2 aromatic carbocycles. The fraction of sp³-hybridized carbons (Fsp3) is 0.484. The van der Waals surface area contributed by atoms with Crippen LogP contribution in [0.5, 0.6) is 0 Å². The van der Waals surface area contributed by atoms with Crippen LogP contribution in [-0.4, -0.2) is 45.0 Å². The number of hydrogen-bond donors (Lipinski definition) is 2. The highest BCUT2D eigenvalue weighted by atomic mass is 16.6. The molecule has 0 saturated carbocycles. The number of nitrogens with zero attached hydrogens (tertiary/aromatic N) is 3. The van der Waals surface area contributed by atoms with Crippen LogP contribution in [0.4, 0.5) is 17.1 Å². The first-order valence-electron chi connectivity index (χ1n) is 14.5. The summed E-state index contributed by atoms with van der Waals surface area (Å²) in [6, 6.07) is 13.3. The highest BCUT2D eigenvalue weighted by Gasteiger charge is 2.54. The predicted octanol–water partition coefficient (Wildman–Crippen LogP) is 6.00. The number of nitro groups is 1. The van der Waals surface area contributed by atoms with Crippen LogP contribution in [0.25, 0.3) is 0 Å². The van der Waals surface area contributed by atoms with Gasteiger partial charge in [0.15, 0.2) is 0 Å². The van der Waals surface area contributed by atoms with Gasteiger partial charge in [0, 0.05) is 17.8 Å². The van der Waals surface area contributed by atoms with Gasteiger partial charge in [-0.25, -0.2) is 9.91 Å². The van der Waals surface area contributed by atoms with Gasteiger partial charge in [0.05, 0.1) is 28.7 Å². The van der Waals surface area contributed by atoms with Gasteiger partial charge in [0.2, 0.25) is 5.91 Å². The minimum atomic E-state index is -0.865. The third kappa shape index (κ3) is 6.95. The van der Waals surface area contributed by atoms with E-state index in [1.807, 2.05) is 6.07 Å². The maximum Gasteiger partial charge on any atom is 0.269 e. The van der Waals surface area contributed by atoms with Crippen molar-refractivity contribution in [3.63, 3.8) is 0 Å². The zero-order chi connectivity index (χ0) is 28.5. The molecule has 2 amide bonds. The Balaban J connectivity index is 1.47. The Labute approximate surface area is 236 Å². The van der Waals surface area contributed by atoms with Gasteiger partial charge in [-0.3, -0.25) is 19.7 Å². The van der Waals surface area contributed by atoms with Crippen molar-refractivity contribution in [2.24, 2.45) is 5.92 Å².